The van der Waals surface area contributed by atoms with Crippen LogP contribution >= 0.6 is 0 Å². The number of hydrogen-bond acceptors (Lipinski definition) is 8. The van der Waals surface area contributed by atoms with Crippen molar-refractivity contribution in [1.29, 1.82) is 0 Å². The Kier molecular flexibility index (Phi) is 7.30. The molecule has 0 saturated heterocycles. The summed E-state index contributed by atoms with van der Waals surface area (Å²) in [6, 6.07) is 1.90. The molecule has 0 aliphatic heterocycles. The summed E-state index contributed by atoms with van der Waals surface area (Å²) in [4.78, 5) is 36.3. The molecule has 0 bridgehead atoms. The fourth-order valence-corrected chi connectivity index (χ4v) is 2.84. The van der Waals surface area contributed by atoms with Crippen molar-refractivity contribution in [3.05, 3.63) is 54.0 Å². The normalized spacial score (nSPS) is 12.6. The first-order chi connectivity index (χ1) is 16.8. The molecule has 0 unspecified atom stereocenters. The highest BCUT2D eigenvalue weighted by Crippen LogP contribution is 2.31. The fraction of sp³-hybridized carbons (Fsp3) is 0.263. The second-order valence-electron chi connectivity index (χ2n) is 6.83. The Morgan fingerprint density at radius 1 is 0.972 bits per heavy atom. The van der Waals surface area contributed by atoms with Crippen LogP contribution in [0.25, 0.3) is 5.82 Å². The Morgan fingerprint density at radius 2 is 1.58 bits per heavy atom. The molecule has 0 aliphatic carbocycles. The monoisotopic (exact) mass is 519 g/mol. The van der Waals surface area contributed by atoms with Gasteiger partial charge in [-0.25, -0.2) is 15.0 Å². The molecule has 192 valence electrons. The van der Waals surface area contributed by atoms with Crippen LogP contribution in [0.2, 0.25) is 0 Å². The summed E-state index contributed by atoms with van der Waals surface area (Å²) >= 11 is 0. The van der Waals surface area contributed by atoms with Gasteiger partial charge in [-0.1, -0.05) is 0 Å². The van der Waals surface area contributed by atoms with Crippen molar-refractivity contribution >= 4 is 11.8 Å². The molecular weight excluding hydrogens is 504 g/mol. The van der Waals surface area contributed by atoms with E-state index in [1.165, 1.54) is 26.2 Å². The number of halogens is 6. The lowest BCUT2D eigenvalue weighted by Crippen LogP contribution is -2.29. The molecule has 17 heteroatoms. The number of benzene rings is 1. The van der Waals surface area contributed by atoms with Crippen LogP contribution in [-0.2, 0) is 0 Å². The zero-order chi connectivity index (χ0) is 26.7. The molecular formula is C19H15F6N7O4. The van der Waals surface area contributed by atoms with E-state index >= 15 is 0 Å². The molecule has 0 radical (unpaired) electrons. The summed E-state index contributed by atoms with van der Waals surface area (Å²) in [5.41, 5.74) is -0.627. The number of nitrogens with one attached hydrogen (secondary N) is 2. The smallest absolute Gasteiger partial charge is 0.406 e. The van der Waals surface area contributed by atoms with Gasteiger partial charge in [-0.15, -0.1) is 26.3 Å². The summed E-state index contributed by atoms with van der Waals surface area (Å²) < 4.78 is 84.1. The number of amides is 2. The van der Waals surface area contributed by atoms with E-state index in [9.17, 15) is 35.9 Å². The second kappa shape index (κ2) is 10.0. The Bertz CT molecular complexity index is 1230. The van der Waals surface area contributed by atoms with E-state index in [-0.39, 0.29) is 17.5 Å². The van der Waals surface area contributed by atoms with Gasteiger partial charge in [0, 0.05) is 30.9 Å². The third kappa shape index (κ3) is 6.80. The maximum atomic E-state index is 12.7. The van der Waals surface area contributed by atoms with Crippen LogP contribution in [0.3, 0.4) is 0 Å². The summed E-state index contributed by atoms with van der Waals surface area (Å²) in [5.74, 6) is -3.89. The van der Waals surface area contributed by atoms with Gasteiger partial charge in [-0.05, 0) is 19.1 Å². The van der Waals surface area contributed by atoms with Gasteiger partial charge in [0.1, 0.15) is 17.8 Å². The van der Waals surface area contributed by atoms with E-state index in [1.807, 2.05) is 0 Å². The third-order valence-electron chi connectivity index (χ3n) is 4.21. The van der Waals surface area contributed by atoms with E-state index in [1.54, 1.807) is 0 Å². The van der Waals surface area contributed by atoms with E-state index in [0.29, 0.717) is 18.2 Å². The minimum Gasteiger partial charge on any atom is -0.406 e. The van der Waals surface area contributed by atoms with Gasteiger partial charge < -0.3 is 20.1 Å². The zero-order valence-corrected chi connectivity index (χ0v) is 18.2. The minimum atomic E-state index is -5.24. The van der Waals surface area contributed by atoms with Crippen molar-refractivity contribution in [3.8, 4) is 17.3 Å². The Balaban J connectivity index is 1.88. The van der Waals surface area contributed by atoms with Crippen molar-refractivity contribution in [2.45, 2.75) is 25.7 Å². The van der Waals surface area contributed by atoms with Crippen LogP contribution in [0.15, 0.2) is 36.8 Å². The van der Waals surface area contributed by atoms with E-state index in [4.69, 9.17) is 0 Å². The molecule has 1 atom stereocenters. The highest BCUT2D eigenvalue weighted by atomic mass is 19.4. The number of carbonyl (C=O) groups excluding carboxylic acids is 2. The molecule has 11 nitrogen and oxygen atoms in total. The zero-order valence-electron chi connectivity index (χ0n) is 18.2. The first-order valence-electron chi connectivity index (χ1n) is 9.68. The molecule has 2 aromatic heterocycles. The standard InChI is InChI=1S/C19H15F6N7O4/c1-9(15-28-8-29-32(15)13-3-4-27-14(31-13)17(34)26-2)30-16(33)10-5-11(35-18(20,21)22)7-12(6-10)36-19(23,24)25/h3-9H,1-2H3,(H,26,34)(H,30,33)/t9-/m0/s1. The Labute approximate surface area is 197 Å². The minimum absolute atomic E-state index is 0.0689. The van der Waals surface area contributed by atoms with Gasteiger partial charge in [0.25, 0.3) is 11.8 Å². The maximum absolute atomic E-state index is 12.7. The largest absolute Gasteiger partial charge is 0.573 e. The predicted octanol–water partition coefficient (Wildman–Crippen LogP) is 2.71. The molecule has 2 N–H and O–H groups in total. The second-order valence-corrected chi connectivity index (χ2v) is 6.83. The lowest BCUT2D eigenvalue weighted by Gasteiger charge is -2.17. The molecule has 0 spiro atoms. The van der Waals surface area contributed by atoms with E-state index < -0.39 is 47.6 Å². The number of carbonyl (C=O) groups is 2. The van der Waals surface area contributed by atoms with Crippen LogP contribution in [0.4, 0.5) is 26.3 Å². The molecule has 1 aromatic carbocycles. The predicted molar refractivity (Wildman–Crippen MR) is 106 cm³/mol. The average Bonchev–Trinajstić information content (AvgIpc) is 3.26. The fourth-order valence-electron chi connectivity index (χ4n) is 2.84. The summed E-state index contributed by atoms with van der Waals surface area (Å²) in [5, 5.41) is 8.69. The van der Waals surface area contributed by atoms with Crippen LogP contribution in [0.5, 0.6) is 11.5 Å². The van der Waals surface area contributed by atoms with Gasteiger partial charge in [-0.2, -0.15) is 9.78 Å². The van der Waals surface area contributed by atoms with E-state index in [2.05, 4.69) is 40.2 Å². The average molecular weight is 519 g/mol. The SMILES string of the molecule is CNC(=O)c1nccc(-n2ncnc2[C@H](C)NC(=O)c2cc(OC(F)(F)F)cc(OC(F)(F)F)c2)n1. The topological polar surface area (TPSA) is 133 Å². The van der Waals surface area contributed by atoms with Gasteiger partial charge >= 0.3 is 12.7 Å². The summed E-state index contributed by atoms with van der Waals surface area (Å²) in [6.07, 6.45) is -8.10. The first-order valence-corrected chi connectivity index (χ1v) is 9.68. The van der Waals surface area contributed by atoms with Crippen molar-refractivity contribution in [2.75, 3.05) is 7.05 Å². The van der Waals surface area contributed by atoms with E-state index in [0.717, 1.165) is 11.0 Å². The van der Waals surface area contributed by atoms with Crippen molar-refractivity contribution in [1.82, 2.24) is 35.4 Å². The van der Waals surface area contributed by atoms with Gasteiger partial charge in [0.15, 0.2) is 11.6 Å². The number of hydrogen-bond donors (Lipinski definition) is 2. The van der Waals surface area contributed by atoms with Gasteiger partial charge in [0.2, 0.25) is 5.82 Å². The molecule has 2 heterocycles. The van der Waals surface area contributed by atoms with Crippen molar-refractivity contribution in [3.63, 3.8) is 0 Å². The third-order valence-corrected chi connectivity index (χ3v) is 4.21. The summed E-state index contributed by atoms with van der Waals surface area (Å²) in [7, 11) is 1.37. The number of alkyl halides is 6. The molecule has 3 rings (SSSR count). The highest BCUT2D eigenvalue weighted by molar-refractivity contribution is 5.95. The maximum Gasteiger partial charge on any atom is 0.573 e. The van der Waals surface area contributed by atoms with Crippen LogP contribution < -0.4 is 20.1 Å². The van der Waals surface area contributed by atoms with Gasteiger partial charge in [0.05, 0.1) is 6.04 Å². The first kappa shape index (κ1) is 26.2. The number of ether oxygens (including phenoxy) is 2. The number of nitrogens with zero attached hydrogens (tertiary/aromatic N) is 5. The van der Waals surface area contributed by atoms with Crippen molar-refractivity contribution < 1.29 is 45.4 Å². The lowest BCUT2D eigenvalue weighted by atomic mass is 10.1. The van der Waals surface area contributed by atoms with Crippen LogP contribution in [0.1, 0.15) is 39.8 Å². The van der Waals surface area contributed by atoms with Crippen LogP contribution in [-0.4, -0.2) is 56.3 Å². The Morgan fingerprint density at radius 3 is 2.14 bits per heavy atom. The Hall–Kier alpha value is -4.44. The molecule has 36 heavy (non-hydrogen) atoms. The van der Waals surface area contributed by atoms with Crippen molar-refractivity contribution in [2.24, 2.45) is 0 Å². The van der Waals surface area contributed by atoms with Crippen LogP contribution in [0, 0.1) is 0 Å². The quantitative estimate of drug-likeness (QED) is 0.456. The van der Waals surface area contributed by atoms with Gasteiger partial charge in [-0.3, -0.25) is 9.59 Å². The summed E-state index contributed by atoms with van der Waals surface area (Å²) in [6.45, 7) is 1.42. The highest BCUT2D eigenvalue weighted by Gasteiger charge is 2.34. The number of rotatable bonds is 7. The molecule has 0 fully saturated rings. The lowest BCUT2D eigenvalue weighted by molar-refractivity contribution is -0.276. The molecule has 3 aromatic rings. The molecule has 0 saturated carbocycles. The molecule has 2 amide bonds. The number of aromatic nitrogens is 5. The molecule has 0 aliphatic rings.